The lowest BCUT2D eigenvalue weighted by Crippen LogP contribution is -2.38. The number of amides is 1. The molecule has 0 saturated carbocycles. The van der Waals surface area contributed by atoms with Gasteiger partial charge in [-0.05, 0) is 17.7 Å². The van der Waals surface area contributed by atoms with Crippen LogP contribution in [0.3, 0.4) is 0 Å². The monoisotopic (exact) mass is 310 g/mol. The molecular weight excluding hydrogens is 297 g/mol. The second-order valence-corrected chi connectivity index (χ2v) is 4.43. The van der Waals surface area contributed by atoms with Gasteiger partial charge in [-0.2, -0.15) is 13.2 Å². The summed E-state index contributed by atoms with van der Waals surface area (Å²) >= 11 is 0. The molecule has 0 unspecified atom stereocenters. The molecule has 0 fully saturated rings. The number of carbonyl (C=O) groups is 1. The number of hydroxylamine groups is 1. The summed E-state index contributed by atoms with van der Waals surface area (Å²) < 4.78 is 38.6. The topological polar surface area (TPSA) is 55.6 Å². The summed E-state index contributed by atoms with van der Waals surface area (Å²) in [5, 5.41) is 0.317. The Hall–Kier alpha value is -2.38. The average molecular weight is 310 g/mol. The fraction of sp³-hybridized carbons (Fsp3) is 0.133. The molecule has 0 saturated heterocycles. The van der Waals surface area contributed by atoms with Gasteiger partial charge in [0.1, 0.15) is 6.61 Å². The maximum Gasteiger partial charge on any atom is 0.417 e. The first-order valence-electron chi connectivity index (χ1n) is 6.32. The van der Waals surface area contributed by atoms with Crippen LogP contribution in [-0.2, 0) is 17.6 Å². The third kappa shape index (κ3) is 3.84. The fourth-order valence-electron chi connectivity index (χ4n) is 1.81. The van der Waals surface area contributed by atoms with Gasteiger partial charge in [-0.15, -0.1) is 5.17 Å². The predicted octanol–water partition coefficient (Wildman–Crippen LogP) is 3.15. The van der Waals surface area contributed by atoms with Crippen LogP contribution in [0.4, 0.5) is 13.2 Å². The Labute approximate surface area is 124 Å². The first-order valence-corrected chi connectivity index (χ1v) is 6.32. The lowest BCUT2D eigenvalue weighted by molar-refractivity contribution is -0.143. The summed E-state index contributed by atoms with van der Waals surface area (Å²) in [4.78, 5) is 17.0. The SMILES string of the molecule is NN(OCc1ccccc1)C(=O)c1ccccc1C(F)(F)F. The standard InChI is InChI=1S/C15H13F3N2O2/c16-15(17,18)13-9-5-4-8-12(13)14(21)20(19)22-10-11-6-2-1-3-7-11/h1-9H,10,19H2. The molecule has 0 aliphatic heterocycles. The van der Waals surface area contributed by atoms with Crippen molar-refractivity contribution in [1.82, 2.24) is 5.17 Å². The molecule has 0 spiro atoms. The molecule has 1 amide bonds. The van der Waals surface area contributed by atoms with E-state index in [4.69, 9.17) is 10.7 Å². The quantitative estimate of drug-likeness (QED) is 0.536. The van der Waals surface area contributed by atoms with Crippen LogP contribution in [0.25, 0.3) is 0 Å². The van der Waals surface area contributed by atoms with Crippen LogP contribution in [-0.4, -0.2) is 11.1 Å². The summed E-state index contributed by atoms with van der Waals surface area (Å²) in [7, 11) is 0. The maximum atomic E-state index is 12.9. The van der Waals surface area contributed by atoms with Gasteiger partial charge >= 0.3 is 6.18 Å². The van der Waals surface area contributed by atoms with Gasteiger partial charge in [0, 0.05) is 0 Å². The Morgan fingerprint density at radius 2 is 1.64 bits per heavy atom. The van der Waals surface area contributed by atoms with Crippen LogP contribution in [0.1, 0.15) is 21.5 Å². The fourth-order valence-corrected chi connectivity index (χ4v) is 1.81. The molecule has 0 aliphatic carbocycles. The van der Waals surface area contributed by atoms with E-state index in [9.17, 15) is 18.0 Å². The molecule has 0 heterocycles. The van der Waals surface area contributed by atoms with Crippen molar-refractivity contribution in [2.24, 2.45) is 5.84 Å². The Bertz CT molecular complexity index is 645. The van der Waals surface area contributed by atoms with Crippen molar-refractivity contribution >= 4 is 5.91 Å². The largest absolute Gasteiger partial charge is 0.417 e. The highest BCUT2D eigenvalue weighted by atomic mass is 19.4. The van der Waals surface area contributed by atoms with Crippen LogP contribution in [0.15, 0.2) is 54.6 Å². The number of alkyl halides is 3. The summed E-state index contributed by atoms with van der Waals surface area (Å²) in [6, 6.07) is 13.2. The molecule has 0 aromatic heterocycles. The number of halogens is 3. The van der Waals surface area contributed by atoms with Gasteiger partial charge in [0.25, 0.3) is 5.91 Å². The Morgan fingerprint density at radius 1 is 1.05 bits per heavy atom. The number of rotatable bonds is 4. The number of hydrogen-bond donors (Lipinski definition) is 1. The van der Waals surface area contributed by atoms with Crippen molar-refractivity contribution in [3.63, 3.8) is 0 Å². The number of benzene rings is 2. The minimum Gasteiger partial charge on any atom is -0.265 e. The van der Waals surface area contributed by atoms with E-state index in [1.165, 1.54) is 12.1 Å². The zero-order valence-electron chi connectivity index (χ0n) is 11.4. The van der Waals surface area contributed by atoms with E-state index >= 15 is 0 Å². The van der Waals surface area contributed by atoms with Crippen molar-refractivity contribution < 1.29 is 22.8 Å². The van der Waals surface area contributed by atoms with E-state index in [1.54, 1.807) is 30.3 Å². The minimum absolute atomic E-state index is 0.0305. The number of nitrogens with two attached hydrogens (primary N) is 1. The van der Waals surface area contributed by atoms with E-state index in [0.29, 0.717) is 5.17 Å². The molecule has 22 heavy (non-hydrogen) atoms. The molecule has 7 heteroatoms. The second kappa shape index (κ2) is 6.59. The maximum absolute atomic E-state index is 12.9. The second-order valence-electron chi connectivity index (χ2n) is 4.43. The molecule has 116 valence electrons. The minimum atomic E-state index is -4.65. The van der Waals surface area contributed by atoms with Crippen molar-refractivity contribution in [2.45, 2.75) is 12.8 Å². The molecule has 0 atom stereocenters. The lowest BCUT2D eigenvalue weighted by Gasteiger charge is -2.18. The first kappa shape index (κ1) is 16.0. The van der Waals surface area contributed by atoms with Crippen LogP contribution < -0.4 is 5.84 Å². The molecule has 0 bridgehead atoms. The van der Waals surface area contributed by atoms with Crippen LogP contribution in [0.5, 0.6) is 0 Å². The highest BCUT2D eigenvalue weighted by molar-refractivity contribution is 5.94. The number of carbonyl (C=O) groups excluding carboxylic acids is 1. The Morgan fingerprint density at radius 3 is 2.27 bits per heavy atom. The molecule has 0 aliphatic rings. The summed E-state index contributed by atoms with van der Waals surface area (Å²) in [6.45, 7) is -0.0305. The van der Waals surface area contributed by atoms with E-state index in [0.717, 1.165) is 17.7 Å². The van der Waals surface area contributed by atoms with Crippen molar-refractivity contribution in [2.75, 3.05) is 0 Å². The molecule has 2 aromatic carbocycles. The first-order chi connectivity index (χ1) is 10.4. The lowest BCUT2D eigenvalue weighted by atomic mass is 10.1. The summed E-state index contributed by atoms with van der Waals surface area (Å²) in [6.07, 6.45) is -4.65. The van der Waals surface area contributed by atoms with Gasteiger partial charge in [-0.25, -0.2) is 5.84 Å². The van der Waals surface area contributed by atoms with Gasteiger partial charge in [0.15, 0.2) is 0 Å². The van der Waals surface area contributed by atoms with Crippen LogP contribution in [0.2, 0.25) is 0 Å². The third-order valence-corrected chi connectivity index (χ3v) is 2.88. The molecule has 2 N–H and O–H groups in total. The van der Waals surface area contributed by atoms with Crippen molar-refractivity contribution in [1.29, 1.82) is 0 Å². The van der Waals surface area contributed by atoms with E-state index in [2.05, 4.69) is 0 Å². The van der Waals surface area contributed by atoms with Crippen molar-refractivity contribution in [3.8, 4) is 0 Å². The van der Waals surface area contributed by atoms with E-state index in [-0.39, 0.29) is 6.61 Å². The van der Waals surface area contributed by atoms with Gasteiger partial charge in [0.2, 0.25) is 0 Å². The normalized spacial score (nSPS) is 11.3. The van der Waals surface area contributed by atoms with Gasteiger partial charge in [0.05, 0.1) is 11.1 Å². The zero-order chi connectivity index (χ0) is 16.2. The van der Waals surface area contributed by atoms with Crippen LogP contribution >= 0.6 is 0 Å². The molecule has 2 rings (SSSR count). The van der Waals surface area contributed by atoms with E-state index in [1.807, 2.05) is 0 Å². The van der Waals surface area contributed by atoms with Crippen molar-refractivity contribution in [3.05, 3.63) is 71.3 Å². The predicted molar refractivity (Wildman–Crippen MR) is 73.0 cm³/mol. The van der Waals surface area contributed by atoms with Crippen LogP contribution in [0, 0.1) is 0 Å². The number of hydrogen-bond acceptors (Lipinski definition) is 3. The summed E-state index contributed by atoms with van der Waals surface area (Å²) in [5.41, 5.74) is -0.890. The highest BCUT2D eigenvalue weighted by Crippen LogP contribution is 2.32. The number of nitrogens with zero attached hydrogens (tertiary/aromatic N) is 1. The summed E-state index contributed by atoms with van der Waals surface area (Å²) in [5.74, 6) is 4.34. The molecular formula is C15H13F3N2O2. The molecule has 0 radical (unpaired) electrons. The molecule has 4 nitrogen and oxygen atoms in total. The van der Waals surface area contributed by atoms with Gasteiger partial charge in [-0.1, -0.05) is 42.5 Å². The van der Waals surface area contributed by atoms with Gasteiger partial charge in [-0.3, -0.25) is 9.63 Å². The van der Waals surface area contributed by atoms with E-state index < -0.39 is 23.2 Å². The Kier molecular flexibility index (Phi) is 4.79. The highest BCUT2D eigenvalue weighted by Gasteiger charge is 2.35. The smallest absolute Gasteiger partial charge is 0.265 e. The average Bonchev–Trinajstić information content (AvgIpc) is 2.52. The molecule has 2 aromatic rings. The number of hydrazine groups is 1. The Balaban J connectivity index is 2.11. The van der Waals surface area contributed by atoms with Gasteiger partial charge < -0.3 is 0 Å². The zero-order valence-corrected chi connectivity index (χ0v) is 11.4. The third-order valence-electron chi connectivity index (χ3n) is 2.88.